The summed E-state index contributed by atoms with van der Waals surface area (Å²) in [6.07, 6.45) is -0.261. The van der Waals surface area contributed by atoms with Gasteiger partial charge in [-0.2, -0.15) is 0 Å². The molecule has 4 nitrogen and oxygen atoms in total. The van der Waals surface area contributed by atoms with Crippen LogP contribution in [0.5, 0.6) is 0 Å². The van der Waals surface area contributed by atoms with Crippen molar-refractivity contribution in [2.24, 2.45) is 0 Å². The second kappa shape index (κ2) is 5.56. The van der Waals surface area contributed by atoms with Crippen molar-refractivity contribution in [3.05, 3.63) is 36.0 Å². The third-order valence-electron chi connectivity index (χ3n) is 2.76. The summed E-state index contributed by atoms with van der Waals surface area (Å²) in [4.78, 5) is 13.9. The van der Waals surface area contributed by atoms with Gasteiger partial charge in [0.05, 0.1) is 6.10 Å². The summed E-state index contributed by atoms with van der Waals surface area (Å²) >= 11 is 1.01. The van der Waals surface area contributed by atoms with Crippen molar-refractivity contribution in [3.63, 3.8) is 0 Å². The topological polar surface area (TPSA) is 73.3 Å². The standard InChI is InChI=1S/C13H15NO3S/c1-8(15)18-7-12(16)13(17)10-6-14-11-5-3-2-4-9(10)11/h2-6,12-14,16-17H,7H2,1H3. The average molecular weight is 265 g/mol. The number of aliphatic hydroxyl groups excluding tert-OH is 2. The lowest BCUT2D eigenvalue weighted by Crippen LogP contribution is -2.21. The maximum Gasteiger partial charge on any atom is 0.185 e. The van der Waals surface area contributed by atoms with E-state index >= 15 is 0 Å². The van der Waals surface area contributed by atoms with E-state index in [-0.39, 0.29) is 10.9 Å². The molecule has 1 aromatic carbocycles. The van der Waals surface area contributed by atoms with Crippen LogP contribution in [0.3, 0.4) is 0 Å². The zero-order valence-electron chi connectivity index (χ0n) is 9.96. The Morgan fingerprint density at radius 3 is 2.83 bits per heavy atom. The minimum atomic E-state index is -0.993. The highest BCUT2D eigenvalue weighted by Crippen LogP contribution is 2.27. The zero-order valence-corrected chi connectivity index (χ0v) is 10.8. The summed E-state index contributed by atoms with van der Waals surface area (Å²) in [6.45, 7) is 1.44. The Balaban J connectivity index is 2.17. The van der Waals surface area contributed by atoms with Gasteiger partial charge >= 0.3 is 0 Å². The van der Waals surface area contributed by atoms with E-state index in [2.05, 4.69) is 4.98 Å². The molecule has 2 rings (SSSR count). The molecule has 5 heteroatoms. The largest absolute Gasteiger partial charge is 0.389 e. The van der Waals surface area contributed by atoms with Gasteiger partial charge in [0.15, 0.2) is 5.12 Å². The van der Waals surface area contributed by atoms with Crippen molar-refractivity contribution >= 4 is 27.8 Å². The molecule has 0 spiro atoms. The van der Waals surface area contributed by atoms with Crippen LogP contribution < -0.4 is 0 Å². The first kappa shape index (κ1) is 13.1. The van der Waals surface area contributed by atoms with Crippen LogP contribution in [0.15, 0.2) is 30.5 Å². The molecule has 1 heterocycles. The quantitative estimate of drug-likeness (QED) is 0.788. The Kier molecular flexibility index (Phi) is 4.06. The van der Waals surface area contributed by atoms with Crippen molar-refractivity contribution < 1.29 is 15.0 Å². The number of aromatic nitrogens is 1. The second-order valence-electron chi connectivity index (χ2n) is 4.10. The molecule has 0 saturated heterocycles. The number of carbonyl (C=O) groups is 1. The fraction of sp³-hybridized carbons (Fsp3) is 0.308. The molecule has 0 aliphatic heterocycles. The first-order chi connectivity index (χ1) is 8.59. The number of thioether (sulfide) groups is 1. The van der Waals surface area contributed by atoms with Gasteiger partial charge in [0.1, 0.15) is 6.10 Å². The van der Waals surface area contributed by atoms with Crippen LogP contribution >= 0.6 is 11.8 Å². The Hall–Kier alpha value is -1.30. The van der Waals surface area contributed by atoms with E-state index in [1.807, 2.05) is 24.3 Å². The van der Waals surface area contributed by atoms with Crippen LogP contribution in [0.25, 0.3) is 10.9 Å². The number of H-pyrrole nitrogens is 1. The molecule has 0 saturated carbocycles. The molecule has 0 aliphatic rings. The van der Waals surface area contributed by atoms with Gasteiger partial charge in [0, 0.05) is 35.3 Å². The normalized spacial score (nSPS) is 14.6. The van der Waals surface area contributed by atoms with Gasteiger partial charge in [-0.25, -0.2) is 0 Å². The van der Waals surface area contributed by atoms with E-state index in [0.717, 1.165) is 22.7 Å². The summed E-state index contributed by atoms with van der Waals surface area (Å²) in [5.74, 6) is 0.190. The molecule has 18 heavy (non-hydrogen) atoms. The lowest BCUT2D eigenvalue weighted by Gasteiger charge is -2.16. The predicted molar refractivity (Wildman–Crippen MR) is 72.4 cm³/mol. The lowest BCUT2D eigenvalue weighted by atomic mass is 10.0. The highest BCUT2D eigenvalue weighted by atomic mass is 32.2. The van der Waals surface area contributed by atoms with Crippen molar-refractivity contribution in [3.8, 4) is 0 Å². The van der Waals surface area contributed by atoms with Crippen LogP contribution in [0.2, 0.25) is 0 Å². The number of rotatable bonds is 4. The Labute approximate surface area is 109 Å². The molecule has 0 aliphatic carbocycles. The second-order valence-corrected chi connectivity index (χ2v) is 5.30. The molecule has 2 unspecified atom stereocenters. The fourth-order valence-corrected chi connectivity index (χ4v) is 2.43. The summed E-state index contributed by atoms with van der Waals surface area (Å²) in [5.41, 5.74) is 1.57. The molecule has 2 atom stereocenters. The molecule has 0 bridgehead atoms. The molecular weight excluding hydrogens is 250 g/mol. The maximum absolute atomic E-state index is 10.8. The zero-order chi connectivity index (χ0) is 13.1. The Bertz CT molecular complexity index is 552. The number of benzene rings is 1. The van der Waals surface area contributed by atoms with Crippen LogP contribution in [-0.4, -0.2) is 32.2 Å². The van der Waals surface area contributed by atoms with Gasteiger partial charge < -0.3 is 15.2 Å². The summed E-state index contributed by atoms with van der Waals surface area (Å²) < 4.78 is 0. The van der Waals surface area contributed by atoms with E-state index in [1.165, 1.54) is 6.92 Å². The minimum Gasteiger partial charge on any atom is -0.389 e. The minimum absolute atomic E-state index is 0.0693. The van der Waals surface area contributed by atoms with Gasteiger partial charge in [0.25, 0.3) is 0 Å². The smallest absolute Gasteiger partial charge is 0.185 e. The number of hydrogen-bond acceptors (Lipinski definition) is 4. The lowest BCUT2D eigenvalue weighted by molar-refractivity contribution is -0.109. The summed E-state index contributed by atoms with van der Waals surface area (Å²) in [5, 5.41) is 20.8. The van der Waals surface area contributed by atoms with E-state index in [4.69, 9.17) is 0 Å². The van der Waals surface area contributed by atoms with Gasteiger partial charge in [-0.1, -0.05) is 30.0 Å². The van der Waals surface area contributed by atoms with Crippen molar-refractivity contribution in [2.45, 2.75) is 19.1 Å². The number of aliphatic hydroxyl groups is 2. The van der Waals surface area contributed by atoms with Crippen molar-refractivity contribution in [1.82, 2.24) is 4.98 Å². The van der Waals surface area contributed by atoms with Gasteiger partial charge in [-0.15, -0.1) is 0 Å². The highest BCUT2D eigenvalue weighted by molar-refractivity contribution is 8.13. The molecule has 96 valence electrons. The van der Waals surface area contributed by atoms with Crippen molar-refractivity contribution in [1.29, 1.82) is 0 Å². The molecule has 3 N–H and O–H groups in total. The third-order valence-corrected chi connectivity index (χ3v) is 3.68. The number of carbonyl (C=O) groups excluding carboxylic acids is 1. The predicted octanol–water partition coefficient (Wildman–Crippen LogP) is 1.84. The van der Waals surface area contributed by atoms with Crippen LogP contribution in [0.4, 0.5) is 0 Å². The van der Waals surface area contributed by atoms with Gasteiger partial charge in [0.2, 0.25) is 0 Å². The number of aromatic amines is 1. The van der Waals surface area contributed by atoms with E-state index < -0.39 is 12.2 Å². The van der Waals surface area contributed by atoms with E-state index in [0.29, 0.717) is 5.56 Å². The molecule has 0 fully saturated rings. The Morgan fingerprint density at radius 2 is 2.11 bits per heavy atom. The van der Waals surface area contributed by atoms with Crippen LogP contribution in [0, 0.1) is 0 Å². The highest BCUT2D eigenvalue weighted by Gasteiger charge is 2.21. The fourth-order valence-electron chi connectivity index (χ4n) is 1.84. The maximum atomic E-state index is 10.8. The van der Waals surface area contributed by atoms with E-state index in [9.17, 15) is 15.0 Å². The SMILES string of the molecule is CC(=O)SCC(O)C(O)c1c[nH]c2ccccc12. The summed E-state index contributed by atoms with van der Waals surface area (Å²) in [6, 6.07) is 7.57. The number of hydrogen-bond donors (Lipinski definition) is 3. The first-order valence-electron chi connectivity index (χ1n) is 5.65. The first-order valence-corrected chi connectivity index (χ1v) is 6.63. The monoisotopic (exact) mass is 265 g/mol. The van der Waals surface area contributed by atoms with Gasteiger partial charge in [-0.05, 0) is 6.07 Å². The molecular formula is C13H15NO3S. The van der Waals surface area contributed by atoms with Crippen LogP contribution in [-0.2, 0) is 4.79 Å². The Morgan fingerprint density at radius 1 is 1.39 bits per heavy atom. The molecule has 0 radical (unpaired) electrons. The average Bonchev–Trinajstić information content (AvgIpc) is 2.78. The van der Waals surface area contributed by atoms with Crippen molar-refractivity contribution in [2.75, 3.05) is 5.75 Å². The molecule has 1 aromatic heterocycles. The number of nitrogens with one attached hydrogen (secondary N) is 1. The molecule has 0 amide bonds. The van der Waals surface area contributed by atoms with Gasteiger partial charge in [-0.3, -0.25) is 4.79 Å². The molecule has 2 aromatic rings. The summed E-state index contributed by atoms with van der Waals surface area (Å²) in [7, 11) is 0. The van der Waals surface area contributed by atoms with Crippen LogP contribution in [0.1, 0.15) is 18.6 Å². The number of fused-ring (bicyclic) bond motifs is 1. The third kappa shape index (κ3) is 2.75. The number of para-hydroxylation sites is 1. The van der Waals surface area contributed by atoms with E-state index in [1.54, 1.807) is 6.20 Å².